The van der Waals surface area contributed by atoms with Crippen LogP contribution < -0.4 is 87.2 Å². The molecule has 0 aromatic heterocycles. The number of carbonyl (C=O) groups excluding carboxylic acids is 11. The first-order chi connectivity index (χ1) is 47.5. The summed E-state index contributed by atoms with van der Waals surface area (Å²) in [7, 11) is 1.71. The highest BCUT2D eigenvalue weighted by Gasteiger charge is 2.39. The summed E-state index contributed by atoms with van der Waals surface area (Å²) < 4.78 is 0. The second-order valence-electron chi connectivity index (χ2n) is 25.7. The number of aliphatic carboxylic acids is 1. The molecule has 1 aliphatic heterocycles. The number of amides is 11. The lowest BCUT2D eigenvalue weighted by atomic mass is 10.0. The molecule has 562 valence electrons. The standard InChI is InChI=1S/C65H104N18O16S2/c1-10-16-41-53(88)76-44(28-37-17-12-11-13-18-37)56(91)79-47(59(94)80-48(33(4)5)60(95)83-51(36(9)85)62(97)81-49(34(6)7)63(98)99)31-101-100-30-46(58(93)75-43(20-15-26-72-65(69)70)55(90)74-42(54(89)73-41)19-14-25-71-64(67)68)78-57(92)45(29-38-21-23-39(86)24-22-38)77-61(96)50(35(8)84)82-52(87)40(66)27-32(2)3/h11-13,17-18,21-24,32-36,40-51,84-86H,10,14-16,19-20,25-31,66H2,1-9H3,(H,73,89)(H,74,90)(H,75,93)(H,76,88)(H,77,96)(H,78,92)(H,79,91)(H,80,94)(H,81,97)(H,82,87)(H,83,95)(H,98,99)(H4,67,68,71)(H4,69,70,72)/t35?,36?,40-,41-,42-,43-,44-,45-,46-,47-,48-,49-,50-,51-/m0/s1. The van der Waals surface area contributed by atoms with E-state index in [1.807, 2.05) is 13.8 Å². The van der Waals surface area contributed by atoms with E-state index in [1.165, 1.54) is 65.8 Å². The van der Waals surface area contributed by atoms with Crippen LogP contribution in [-0.4, -0.2) is 213 Å². The molecule has 0 saturated carbocycles. The molecular formula is C65H104N18O16S2. The molecule has 1 fully saturated rings. The van der Waals surface area contributed by atoms with Gasteiger partial charge in [0.15, 0.2) is 11.9 Å². The maximum Gasteiger partial charge on any atom is 0.326 e. The molecule has 2 aromatic carbocycles. The van der Waals surface area contributed by atoms with Crippen LogP contribution in [-0.2, 0) is 70.4 Å². The third-order valence-electron chi connectivity index (χ3n) is 15.8. The largest absolute Gasteiger partial charge is 0.508 e. The summed E-state index contributed by atoms with van der Waals surface area (Å²) in [4.78, 5) is 180. The monoisotopic (exact) mass is 1460 g/mol. The Morgan fingerprint density at radius 3 is 1.49 bits per heavy atom. The second-order valence-corrected chi connectivity index (χ2v) is 28.3. The van der Waals surface area contributed by atoms with E-state index in [0.29, 0.717) is 17.5 Å². The fourth-order valence-corrected chi connectivity index (χ4v) is 12.5. The lowest BCUT2D eigenvalue weighted by Gasteiger charge is -2.30. The van der Waals surface area contributed by atoms with E-state index in [2.05, 4.69) is 68.5 Å². The number of nitrogens with zero attached hydrogens (tertiary/aromatic N) is 2. The normalized spacial score (nSPS) is 20.5. The smallest absolute Gasteiger partial charge is 0.326 e. The van der Waals surface area contributed by atoms with E-state index in [9.17, 15) is 68.4 Å². The van der Waals surface area contributed by atoms with E-state index in [-0.39, 0.29) is 88.0 Å². The molecule has 36 heteroatoms. The van der Waals surface area contributed by atoms with Crippen molar-refractivity contribution >= 4 is 104 Å². The fourth-order valence-electron chi connectivity index (χ4n) is 10.2. The quantitative estimate of drug-likeness (QED) is 0.0142. The Bertz CT molecular complexity index is 3160. The van der Waals surface area contributed by atoms with Crippen LogP contribution >= 0.6 is 21.6 Å². The van der Waals surface area contributed by atoms with Gasteiger partial charge in [0, 0.05) is 37.4 Å². The Kier molecular flexibility index (Phi) is 37.2. The first-order valence-corrected chi connectivity index (χ1v) is 35.9. The lowest BCUT2D eigenvalue weighted by molar-refractivity contribution is -0.144. The number of phenolic OH excluding ortho intramolecular Hbond substituents is 1. The van der Waals surface area contributed by atoms with Crippen LogP contribution in [0.5, 0.6) is 5.75 Å². The highest BCUT2D eigenvalue weighted by atomic mass is 33.1. The summed E-state index contributed by atoms with van der Waals surface area (Å²) in [5.41, 5.74) is 29.5. The van der Waals surface area contributed by atoms with Crippen LogP contribution in [0.15, 0.2) is 64.6 Å². The van der Waals surface area contributed by atoms with E-state index < -0.39 is 179 Å². The van der Waals surface area contributed by atoms with Gasteiger partial charge in [-0.3, -0.25) is 62.7 Å². The number of benzene rings is 2. The summed E-state index contributed by atoms with van der Waals surface area (Å²) in [5, 5.41) is 70.1. The van der Waals surface area contributed by atoms with Crippen molar-refractivity contribution in [1.82, 2.24) is 58.5 Å². The molecule has 1 heterocycles. The molecule has 0 spiro atoms. The SMILES string of the molecule is CCC[C@@H]1NC(=O)[C@H](CCCN=C(N)N)NC(=O)[C@H](CCCN=C(N)N)NC(=O)[C@@H](NC(=O)[C@H](Cc2ccc(O)cc2)NC(=O)[C@@H](NC(=O)[C@@H](N)CC(C)C)C(C)O)CSSC[C@@H](C(=O)N[C@H](C(=O)N[C@H](C(=O)N[C@H](C(=O)O)C(C)C)C(C)O)C(C)C)NC(=O)[C@H](Cc2ccccc2)NC1=O. The van der Waals surface area contributed by atoms with Gasteiger partial charge in [-0.05, 0) is 93.4 Å². The molecule has 3 rings (SSSR count). The zero-order valence-corrected chi connectivity index (χ0v) is 60.1. The van der Waals surface area contributed by atoms with Gasteiger partial charge in [-0.2, -0.15) is 0 Å². The van der Waals surface area contributed by atoms with Crippen molar-refractivity contribution in [3.05, 3.63) is 65.7 Å². The number of hydrogen-bond acceptors (Lipinski definition) is 20. The minimum Gasteiger partial charge on any atom is -0.508 e. The fraction of sp³-hybridized carbons (Fsp3) is 0.600. The third-order valence-corrected chi connectivity index (χ3v) is 18.2. The average molecular weight is 1460 g/mol. The average Bonchev–Trinajstić information content (AvgIpc) is 0.869. The van der Waals surface area contributed by atoms with Gasteiger partial charge in [-0.1, -0.05) is 119 Å². The van der Waals surface area contributed by atoms with Crippen molar-refractivity contribution in [1.29, 1.82) is 0 Å². The highest BCUT2D eigenvalue weighted by molar-refractivity contribution is 8.76. The molecule has 14 atom stereocenters. The Balaban J connectivity index is 2.35. The van der Waals surface area contributed by atoms with Crippen molar-refractivity contribution in [3.63, 3.8) is 0 Å². The summed E-state index contributed by atoms with van der Waals surface area (Å²) in [6.45, 7) is 13.8. The van der Waals surface area contributed by atoms with Crippen LogP contribution in [0.2, 0.25) is 0 Å². The van der Waals surface area contributed by atoms with Crippen LogP contribution in [0.3, 0.4) is 0 Å². The highest BCUT2D eigenvalue weighted by Crippen LogP contribution is 2.25. The van der Waals surface area contributed by atoms with Crippen LogP contribution in [0.25, 0.3) is 0 Å². The summed E-state index contributed by atoms with van der Waals surface area (Å²) in [6, 6.07) is -4.43. The predicted molar refractivity (Wildman–Crippen MR) is 381 cm³/mol. The number of aliphatic imine (C=N–C) groups is 2. The van der Waals surface area contributed by atoms with Gasteiger partial charge in [0.1, 0.15) is 72.2 Å². The van der Waals surface area contributed by atoms with E-state index >= 15 is 9.59 Å². The van der Waals surface area contributed by atoms with Gasteiger partial charge in [0.25, 0.3) is 0 Å². The second kappa shape index (κ2) is 43.6. The minimum absolute atomic E-state index is 0.0141. The molecule has 2 unspecified atom stereocenters. The van der Waals surface area contributed by atoms with Crippen LogP contribution in [0.1, 0.15) is 118 Å². The Morgan fingerprint density at radius 2 is 1.00 bits per heavy atom. The number of carbonyl (C=O) groups is 12. The molecule has 1 saturated heterocycles. The molecule has 0 radical (unpaired) electrons. The van der Waals surface area contributed by atoms with E-state index in [1.54, 1.807) is 37.3 Å². The molecule has 0 aliphatic carbocycles. The zero-order valence-electron chi connectivity index (χ0n) is 58.5. The number of carboxylic acids is 1. The van der Waals surface area contributed by atoms with Crippen LogP contribution in [0.4, 0.5) is 0 Å². The van der Waals surface area contributed by atoms with Crippen molar-refractivity contribution in [2.45, 2.75) is 205 Å². The number of nitrogens with one attached hydrogen (secondary N) is 11. The number of aliphatic hydroxyl groups excluding tert-OH is 2. The maximum absolute atomic E-state index is 15.1. The van der Waals surface area contributed by atoms with Crippen molar-refractivity contribution in [2.24, 2.45) is 56.4 Å². The number of nitrogens with two attached hydrogens (primary N) is 5. The van der Waals surface area contributed by atoms with Crippen molar-refractivity contribution in [2.75, 3.05) is 24.6 Å². The Labute approximate surface area is 595 Å². The summed E-state index contributed by atoms with van der Waals surface area (Å²) in [6.07, 6.45) is -3.46. The first kappa shape index (κ1) is 86.2. The first-order valence-electron chi connectivity index (χ1n) is 33.4. The van der Waals surface area contributed by atoms with Gasteiger partial charge in [-0.15, -0.1) is 0 Å². The van der Waals surface area contributed by atoms with Crippen molar-refractivity contribution in [3.8, 4) is 5.75 Å². The molecule has 11 amide bonds. The molecule has 0 bridgehead atoms. The molecule has 34 nitrogen and oxygen atoms in total. The topological polar surface area (TPSA) is 573 Å². The predicted octanol–water partition coefficient (Wildman–Crippen LogP) is -3.66. The van der Waals surface area contributed by atoms with E-state index in [4.69, 9.17) is 28.7 Å². The Morgan fingerprint density at radius 1 is 0.545 bits per heavy atom. The Hall–Kier alpha value is -9.00. The minimum atomic E-state index is -1.74. The third kappa shape index (κ3) is 30.8. The summed E-state index contributed by atoms with van der Waals surface area (Å²) in [5.74, 6) is -15.0. The molecule has 25 N–H and O–H groups in total. The number of guanidine groups is 2. The van der Waals surface area contributed by atoms with Gasteiger partial charge < -0.3 is 108 Å². The number of aliphatic hydroxyl groups is 2. The number of hydrogen-bond donors (Lipinski definition) is 20. The lowest BCUT2D eigenvalue weighted by Crippen LogP contribution is -2.62. The number of phenols is 1. The molecule has 2 aromatic rings. The molecule has 1 aliphatic rings. The molecule has 101 heavy (non-hydrogen) atoms. The summed E-state index contributed by atoms with van der Waals surface area (Å²) >= 11 is 0. The van der Waals surface area contributed by atoms with Gasteiger partial charge >= 0.3 is 5.97 Å². The van der Waals surface area contributed by atoms with Crippen LogP contribution in [0, 0.1) is 17.8 Å². The number of aromatic hydroxyl groups is 1. The molecular weight excluding hydrogens is 1350 g/mol. The zero-order chi connectivity index (χ0) is 75.8. The van der Waals surface area contributed by atoms with Gasteiger partial charge in [-0.25, -0.2) is 4.79 Å². The van der Waals surface area contributed by atoms with Crippen molar-refractivity contribution < 1.29 is 78.0 Å². The van der Waals surface area contributed by atoms with E-state index in [0.717, 1.165) is 21.6 Å². The maximum atomic E-state index is 15.1. The number of rotatable bonds is 33. The number of carboxylic acid groups (broad SMARTS) is 1. The van der Waals surface area contributed by atoms with Gasteiger partial charge in [0.2, 0.25) is 65.0 Å². The van der Waals surface area contributed by atoms with Gasteiger partial charge in [0.05, 0.1) is 18.2 Å².